The number of aromatic nitrogens is 2. The number of methoxy groups -OCH3 is 1. The molecule has 0 spiro atoms. The van der Waals surface area contributed by atoms with Gasteiger partial charge in [0.2, 0.25) is 0 Å². The van der Waals surface area contributed by atoms with Gasteiger partial charge in [-0.3, -0.25) is 4.90 Å². The molecule has 5 nitrogen and oxygen atoms in total. The number of nitrogens with zero attached hydrogens (tertiary/aromatic N) is 3. The number of pyridine rings is 1. The third kappa shape index (κ3) is 4.19. The van der Waals surface area contributed by atoms with Crippen molar-refractivity contribution in [1.82, 2.24) is 14.3 Å². The Bertz CT molecular complexity index is 802. The van der Waals surface area contributed by atoms with Gasteiger partial charge in [-0.1, -0.05) is 11.6 Å². The second-order valence-electron chi connectivity index (χ2n) is 5.61. The van der Waals surface area contributed by atoms with E-state index >= 15 is 0 Å². The van der Waals surface area contributed by atoms with Crippen molar-refractivity contribution >= 4 is 17.2 Å². The van der Waals surface area contributed by atoms with Crippen molar-refractivity contribution in [3.63, 3.8) is 0 Å². The summed E-state index contributed by atoms with van der Waals surface area (Å²) < 4.78 is 12.8. The van der Waals surface area contributed by atoms with Crippen LogP contribution in [0.3, 0.4) is 0 Å². The molecule has 0 saturated heterocycles. The van der Waals surface area contributed by atoms with Crippen molar-refractivity contribution in [2.75, 3.05) is 27.3 Å². The minimum atomic E-state index is 0.613. The van der Waals surface area contributed by atoms with Gasteiger partial charge in [0.1, 0.15) is 23.8 Å². The Balaban J connectivity index is 1.50. The van der Waals surface area contributed by atoms with Gasteiger partial charge in [0.05, 0.1) is 17.8 Å². The summed E-state index contributed by atoms with van der Waals surface area (Å²) in [6, 6.07) is 11.4. The highest BCUT2D eigenvalue weighted by Gasteiger charge is 2.06. The molecule has 2 heterocycles. The van der Waals surface area contributed by atoms with Gasteiger partial charge in [-0.05, 0) is 43.4 Å². The first kappa shape index (κ1) is 16.6. The van der Waals surface area contributed by atoms with Gasteiger partial charge in [0, 0.05) is 25.5 Å². The Morgan fingerprint density at radius 2 is 1.83 bits per heavy atom. The molecule has 0 amide bonds. The van der Waals surface area contributed by atoms with Gasteiger partial charge in [0.25, 0.3) is 0 Å². The summed E-state index contributed by atoms with van der Waals surface area (Å²) in [5.41, 5.74) is 1.90. The minimum Gasteiger partial charge on any atom is -0.497 e. The van der Waals surface area contributed by atoms with Gasteiger partial charge >= 0.3 is 0 Å². The number of rotatable bonds is 7. The van der Waals surface area contributed by atoms with Crippen LogP contribution in [0.15, 0.2) is 48.8 Å². The van der Waals surface area contributed by atoms with Crippen molar-refractivity contribution in [2.45, 2.75) is 6.54 Å². The van der Waals surface area contributed by atoms with Crippen LogP contribution >= 0.6 is 11.6 Å². The van der Waals surface area contributed by atoms with Crippen LogP contribution in [-0.2, 0) is 6.54 Å². The number of halogens is 1. The topological polar surface area (TPSA) is 39.0 Å². The fraction of sp³-hybridized carbons (Fsp3) is 0.278. The fourth-order valence-corrected chi connectivity index (χ4v) is 2.61. The lowest BCUT2D eigenvalue weighted by molar-refractivity contribution is 0.231. The van der Waals surface area contributed by atoms with Crippen LogP contribution in [-0.4, -0.2) is 41.6 Å². The highest BCUT2D eigenvalue weighted by Crippen LogP contribution is 2.17. The Hall–Kier alpha value is -2.24. The maximum Gasteiger partial charge on any atom is 0.137 e. The summed E-state index contributed by atoms with van der Waals surface area (Å²) in [4.78, 5) is 6.76. The zero-order chi connectivity index (χ0) is 16.9. The smallest absolute Gasteiger partial charge is 0.137 e. The molecule has 0 unspecified atom stereocenters. The Labute approximate surface area is 146 Å². The molecule has 0 fully saturated rings. The average molecular weight is 346 g/mol. The summed E-state index contributed by atoms with van der Waals surface area (Å²) in [5.74, 6) is 1.66. The Morgan fingerprint density at radius 1 is 1.08 bits per heavy atom. The lowest BCUT2D eigenvalue weighted by Crippen LogP contribution is -2.24. The number of likely N-dealkylation sites (N-methyl/N-ethyl adjacent to an activating group) is 1. The molecule has 3 aromatic rings. The molecular weight excluding hydrogens is 326 g/mol. The van der Waals surface area contributed by atoms with Gasteiger partial charge in [0.15, 0.2) is 0 Å². The molecule has 0 bridgehead atoms. The molecular formula is C18H20ClN3O2. The maximum atomic E-state index is 6.00. The largest absolute Gasteiger partial charge is 0.497 e. The monoisotopic (exact) mass is 345 g/mol. The van der Waals surface area contributed by atoms with Gasteiger partial charge in [-0.15, -0.1) is 0 Å². The van der Waals surface area contributed by atoms with Gasteiger partial charge in [-0.25, -0.2) is 4.98 Å². The standard InChI is InChI=1S/C18H20ClN3O2/c1-21(9-10-24-17-6-4-16(23-2)5-7-17)12-15-13-22-11-14(19)3-8-18(22)20-15/h3-8,11,13H,9-10,12H2,1-2H3. The fourth-order valence-electron chi connectivity index (χ4n) is 2.44. The van der Waals surface area contributed by atoms with Gasteiger partial charge < -0.3 is 13.9 Å². The van der Waals surface area contributed by atoms with Crippen LogP contribution in [0.25, 0.3) is 5.65 Å². The summed E-state index contributed by atoms with van der Waals surface area (Å²) in [6.07, 6.45) is 3.86. The van der Waals surface area contributed by atoms with E-state index in [1.165, 1.54) is 0 Å². The van der Waals surface area contributed by atoms with E-state index in [0.29, 0.717) is 11.6 Å². The zero-order valence-corrected chi connectivity index (χ0v) is 14.5. The molecule has 0 atom stereocenters. The SMILES string of the molecule is COc1ccc(OCCN(C)Cc2cn3cc(Cl)ccc3n2)cc1. The molecule has 0 aliphatic rings. The van der Waals surface area contributed by atoms with Crippen LogP contribution in [0.4, 0.5) is 0 Å². The van der Waals surface area contributed by atoms with Crippen molar-refractivity contribution in [3.05, 3.63) is 59.5 Å². The molecule has 6 heteroatoms. The average Bonchev–Trinajstić information content (AvgIpc) is 2.96. The summed E-state index contributed by atoms with van der Waals surface area (Å²) in [7, 11) is 3.70. The quantitative estimate of drug-likeness (QED) is 0.657. The van der Waals surface area contributed by atoms with E-state index in [9.17, 15) is 0 Å². The number of fused-ring (bicyclic) bond motifs is 1. The summed E-state index contributed by atoms with van der Waals surface area (Å²) in [5, 5.41) is 0.702. The molecule has 0 aliphatic heterocycles. The van der Waals surface area contributed by atoms with Crippen molar-refractivity contribution in [1.29, 1.82) is 0 Å². The van der Waals surface area contributed by atoms with Crippen molar-refractivity contribution in [2.24, 2.45) is 0 Å². The van der Waals surface area contributed by atoms with E-state index in [0.717, 1.165) is 35.9 Å². The molecule has 24 heavy (non-hydrogen) atoms. The molecule has 1 aromatic carbocycles. The number of hydrogen-bond donors (Lipinski definition) is 0. The number of benzene rings is 1. The Kier molecular flexibility index (Phi) is 5.23. The van der Waals surface area contributed by atoms with E-state index in [-0.39, 0.29) is 0 Å². The molecule has 126 valence electrons. The number of hydrogen-bond acceptors (Lipinski definition) is 4. The van der Waals surface area contributed by atoms with Crippen LogP contribution in [0.2, 0.25) is 5.02 Å². The predicted octanol–water partition coefficient (Wildman–Crippen LogP) is 3.51. The molecule has 0 aliphatic carbocycles. The van der Waals surface area contributed by atoms with Crippen LogP contribution < -0.4 is 9.47 Å². The first-order chi connectivity index (χ1) is 11.6. The second-order valence-corrected chi connectivity index (χ2v) is 6.04. The molecule has 3 rings (SSSR count). The third-order valence-electron chi connectivity index (χ3n) is 3.70. The summed E-state index contributed by atoms with van der Waals surface area (Å²) in [6.45, 7) is 2.17. The second kappa shape index (κ2) is 7.55. The molecule has 0 radical (unpaired) electrons. The Morgan fingerprint density at radius 3 is 2.58 bits per heavy atom. The van der Waals surface area contributed by atoms with E-state index in [4.69, 9.17) is 21.1 Å². The lowest BCUT2D eigenvalue weighted by Gasteiger charge is -2.15. The normalized spacial score (nSPS) is 11.2. The van der Waals surface area contributed by atoms with E-state index < -0.39 is 0 Å². The van der Waals surface area contributed by atoms with Crippen molar-refractivity contribution in [3.8, 4) is 11.5 Å². The van der Waals surface area contributed by atoms with E-state index in [1.807, 2.05) is 60.2 Å². The van der Waals surface area contributed by atoms with Crippen LogP contribution in [0.1, 0.15) is 5.69 Å². The number of imidazole rings is 1. The summed E-state index contributed by atoms with van der Waals surface area (Å²) >= 11 is 6.00. The maximum absolute atomic E-state index is 6.00. The first-order valence-corrected chi connectivity index (χ1v) is 8.10. The molecule has 2 aromatic heterocycles. The highest BCUT2D eigenvalue weighted by atomic mass is 35.5. The van der Waals surface area contributed by atoms with Gasteiger partial charge in [-0.2, -0.15) is 0 Å². The van der Waals surface area contributed by atoms with Crippen LogP contribution in [0.5, 0.6) is 11.5 Å². The van der Waals surface area contributed by atoms with E-state index in [1.54, 1.807) is 7.11 Å². The van der Waals surface area contributed by atoms with Crippen molar-refractivity contribution < 1.29 is 9.47 Å². The van der Waals surface area contributed by atoms with Crippen LogP contribution in [0, 0.1) is 0 Å². The first-order valence-electron chi connectivity index (χ1n) is 7.72. The molecule has 0 saturated carbocycles. The predicted molar refractivity (Wildman–Crippen MR) is 95.0 cm³/mol. The third-order valence-corrected chi connectivity index (χ3v) is 3.92. The lowest BCUT2D eigenvalue weighted by atomic mass is 10.3. The minimum absolute atomic E-state index is 0.613. The zero-order valence-electron chi connectivity index (χ0n) is 13.8. The highest BCUT2D eigenvalue weighted by molar-refractivity contribution is 6.30. The number of ether oxygens (including phenoxy) is 2. The van der Waals surface area contributed by atoms with E-state index in [2.05, 4.69) is 9.88 Å². The molecule has 0 N–H and O–H groups in total.